The molecular weight excluding hydrogens is 218 g/mol. The van der Waals surface area contributed by atoms with Crippen molar-refractivity contribution in [1.82, 2.24) is 0 Å². The minimum atomic E-state index is 0.0851. The maximum atomic E-state index is 8.68. The van der Waals surface area contributed by atoms with E-state index in [2.05, 4.69) is 10.3 Å². The van der Waals surface area contributed by atoms with E-state index in [1.807, 2.05) is 26.0 Å². The summed E-state index contributed by atoms with van der Waals surface area (Å²) in [5.41, 5.74) is 9.16. The number of hydrogen-bond acceptors (Lipinski definition) is 4. The van der Waals surface area contributed by atoms with Crippen molar-refractivity contribution >= 4 is 12.1 Å². The monoisotopic (exact) mass is 235 g/mol. The Kier molecular flexibility index (Phi) is 4.51. The van der Waals surface area contributed by atoms with Gasteiger partial charge in [0.15, 0.2) is 5.84 Å². The minimum absolute atomic E-state index is 0.0851. The van der Waals surface area contributed by atoms with Gasteiger partial charge in [0.2, 0.25) is 0 Å². The van der Waals surface area contributed by atoms with Gasteiger partial charge in [0.1, 0.15) is 0 Å². The Hall–Kier alpha value is -2.04. The molecule has 0 aliphatic carbocycles. The minimum Gasteiger partial charge on any atom is -0.411 e. The Morgan fingerprint density at radius 1 is 1.24 bits per heavy atom. The maximum absolute atomic E-state index is 8.68. The normalized spacial score (nSPS) is 12.2. The van der Waals surface area contributed by atoms with E-state index in [0.717, 1.165) is 29.5 Å². The zero-order chi connectivity index (χ0) is 12.8. The molecular formula is C12H17N3O2. The first-order valence-corrected chi connectivity index (χ1v) is 5.49. The molecule has 0 fully saturated rings. The van der Waals surface area contributed by atoms with Crippen LogP contribution in [0.4, 0.5) is 0 Å². The van der Waals surface area contributed by atoms with E-state index in [1.54, 1.807) is 0 Å². The Morgan fingerprint density at radius 3 is 2.12 bits per heavy atom. The van der Waals surface area contributed by atoms with Crippen molar-refractivity contribution in [2.75, 3.05) is 0 Å². The number of oxime groups is 2. The van der Waals surface area contributed by atoms with Crippen LogP contribution in [0, 0.1) is 0 Å². The Labute approximate surface area is 100 Å². The molecule has 0 amide bonds. The van der Waals surface area contributed by atoms with Crippen molar-refractivity contribution in [3.63, 3.8) is 0 Å². The van der Waals surface area contributed by atoms with Gasteiger partial charge in [0.25, 0.3) is 0 Å². The number of rotatable bonds is 4. The average molecular weight is 235 g/mol. The topological polar surface area (TPSA) is 91.2 Å². The predicted octanol–water partition coefficient (Wildman–Crippen LogP) is 1.71. The van der Waals surface area contributed by atoms with E-state index in [-0.39, 0.29) is 5.84 Å². The second-order valence-electron chi connectivity index (χ2n) is 3.65. The van der Waals surface area contributed by atoms with Gasteiger partial charge in [-0.2, -0.15) is 0 Å². The lowest BCUT2D eigenvalue weighted by Gasteiger charge is -2.11. The van der Waals surface area contributed by atoms with Crippen molar-refractivity contribution in [3.05, 3.63) is 34.4 Å². The smallest absolute Gasteiger partial charge is 0.170 e. The highest BCUT2D eigenvalue weighted by atomic mass is 16.4. The molecule has 5 nitrogen and oxygen atoms in total. The molecule has 0 radical (unpaired) electrons. The SMILES string of the molecule is CCc1cc(/C(N)=N/O)cc(CC)c1C=NO. The summed E-state index contributed by atoms with van der Waals surface area (Å²) >= 11 is 0. The molecule has 0 heterocycles. The maximum Gasteiger partial charge on any atom is 0.170 e. The summed E-state index contributed by atoms with van der Waals surface area (Å²) in [6, 6.07) is 3.68. The van der Waals surface area contributed by atoms with Crippen molar-refractivity contribution in [1.29, 1.82) is 0 Å². The zero-order valence-electron chi connectivity index (χ0n) is 10.0. The van der Waals surface area contributed by atoms with E-state index < -0.39 is 0 Å². The highest BCUT2D eigenvalue weighted by Gasteiger charge is 2.09. The molecule has 92 valence electrons. The molecule has 4 N–H and O–H groups in total. The largest absolute Gasteiger partial charge is 0.411 e. The van der Waals surface area contributed by atoms with Crippen LogP contribution in [0.25, 0.3) is 0 Å². The summed E-state index contributed by atoms with van der Waals surface area (Å²) in [6.45, 7) is 4.00. The summed E-state index contributed by atoms with van der Waals surface area (Å²) in [7, 11) is 0. The lowest BCUT2D eigenvalue weighted by molar-refractivity contribution is 0.318. The van der Waals surface area contributed by atoms with Gasteiger partial charge in [-0.15, -0.1) is 0 Å². The van der Waals surface area contributed by atoms with Gasteiger partial charge >= 0.3 is 0 Å². The zero-order valence-corrected chi connectivity index (χ0v) is 10.0. The van der Waals surface area contributed by atoms with Crippen molar-refractivity contribution in [3.8, 4) is 0 Å². The molecule has 1 aromatic carbocycles. The lowest BCUT2D eigenvalue weighted by atomic mass is 9.95. The number of amidine groups is 1. The van der Waals surface area contributed by atoms with Crippen molar-refractivity contribution in [2.24, 2.45) is 16.0 Å². The molecule has 0 bridgehead atoms. The van der Waals surface area contributed by atoms with Gasteiger partial charge in [-0.3, -0.25) is 0 Å². The fourth-order valence-electron chi connectivity index (χ4n) is 1.79. The Morgan fingerprint density at radius 2 is 1.76 bits per heavy atom. The number of nitrogens with zero attached hydrogens (tertiary/aromatic N) is 2. The summed E-state index contributed by atoms with van der Waals surface area (Å²) in [5, 5.41) is 23.4. The van der Waals surface area contributed by atoms with Crippen LogP contribution in [0.3, 0.4) is 0 Å². The van der Waals surface area contributed by atoms with Crippen LogP contribution in [0.5, 0.6) is 0 Å². The van der Waals surface area contributed by atoms with Crippen LogP contribution in [-0.4, -0.2) is 22.5 Å². The molecule has 17 heavy (non-hydrogen) atoms. The van der Waals surface area contributed by atoms with Gasteiger partial charge in [-0.25, -0.2) is 0 Å². The number of aryl methyl sites for hydroxylation is 2. The second-order valence-corrected chi connectivity index (χ2v) is 3.65. The van der Waals surface area contributed by atoms with Crippen molar-refractivity contribution < 1.29 is 10.4 Å². The van der Waals surface area contributed by atoms with E-state index in [9.17, 15) is 0 Å². The molecule has 0 saturated carbocycles. The first-order valence-electron chi connectivity index (χ1n) is 5.49. The third-order valence-electron chi connectivity index (χ3n) is 2.70. The third-order valence-corrected chi connectivity index (χ3v) is 2.70. The van der Waals surface area contributed by atoms with Gasteiger partial charge < -0.3 is 16.1 Å². The molecule has 0 spiro atoms. The molecule has 0 atom stereocenters. The highest BCUT2D eigenvalue weighted by molar-refractivity contribution is 5.98. The quantitative estimate of drug-likeness (QED) is 0.321. The molecule has 0 aromatic heterocycles. The third kappa shape index (κ3) is 2.75. The van der Waals surface area contributed by atoms with Crippen LogP contribution in [0.2, 0.25) is 0 Å². The first kappa shape index (κ1) is 13.0. The average Bonchev–Trinajstić information content (AvgIpc) is 2.38. The van der Waals surface area contributed by atoms with Gasteiger partial charge in [-0.1, -0.05) is 24.2 Å². The predicted molar refractivity (Wildman–Crippen MR) is 67.1 cm³/mol. The van der Waals surface area contributed by atoms with Crippen LogP contribution in [0.1, 0.15) is 36.1 Å². The number of hydrogen-bond donors (Lipinski definition) is 3. The molecule has 0 saturated heterocycles. The van der Waals surface area contributed by atoms with Crippen molar-refractivity contribution in [2.45, 2.75) is 26.7 Å². The van der Waals surface area contributed by atoms with Crippen LogP contribution < -0.4 is 5.73 Å². The van der Waals surface area contributed by atoms with Crippen LogP contribution in [0.15, 0.2) is 22.4 Å². The fraction of sp³-hybridized carbons (Fsp3) is 0.333. The second kappa shape index (κ2) is 5.89. The Bertz CT molecular complexity index is 428. The summed E-state index contributed by atoms with van der Waals surface area (Å²) in [4.78, 5) is 0. The molecule has 1 rings (SSSR count). The Balaban J connectivity index is 3.44. The first-order chi connectivity index (χ1) is 8.17. The molecule has 0 unspecified atom stereocenters. The van der Waals surface area contributed by atoms with E-state index in [1.165, 1.54) is 6.21 Å². The van der Waals surface area contributed by atoms with E-state index in [4.69, 9.17) is 16.1 Å². The standard InChI is InChI=1S/C12H17N3O2/c1-3-8-5-10(12(13)15-17)6-9(4-2)11(8)7-14-16/h5-7,16-17H,3-4H2,1-2H3,(H2,13,15). The number of benzene rings is 1. The van der Waals surface area contributed by atoms with Gasteiger partial charge in [0, 0.05) is 11.1 Å². The molecule has 0 aliphatic rings. The van der Waals surface area contributed by atoms with Crippen LogP contribution >= 0.6 is 0 Å². The van der Waals surface area contributed by atoms with E-state index >= 15 is 0 Å². The molecule has 5 heteroatoms. The lowest BCUT2D eigenvalue weighted by Crippen LogP contribution is -2.15. The van der Waals surface area contributed by atoms with Crippen LogP contribution in [-0.2, 0) is 12.8 Å². The fourth-order valence-corrected chi connectivity index (χ4v) is 1.79. The van der Waals surface area contributed by atoms with E-state index in [0.29, 0.717) is 5.56 Å². The summed E-state index contributed by atoms with van der Waals surface area (Å²) in [6.07, 6.45) is 2.98. The summed E-state index contributed by atoms with van der Waals surface area (Å²) < 4.78 is 0. The highest BCUT2D eigenvalue weighted by Crippen LogP contribution is 2.18. The molecule has 0 aliphatic heterocycles. The summed E-state index contributed by atoms with van der Waals surface area (Å²) in [5.74, 6) is 0.0851. The number of nitrogens with two attached hydrogens (primary N) is 1. The van der Waals surface area contributed by atoms with Gasteiger partial charge in [-0.05, 0) is 36.1 Å². The molecule has 1 aromatic rings. The van der Waals surface area contributed by atoms with Gasteiger partial charge in [0.05, 0.1) is 6.21 Å².